The standard InChI is InChI=1S/C14H22N2O2S/c1-3-13-5-4-10-16(13)19(17,18)14-8-6-12(7-9-14)11(2)15/h6-9,11,13H,3-5,10,15H2,1-2H3. The summed E-state index contributed by atoms with van der Waals surface area (Å²) in [5.41, 5.74) is 6.73. The molecule has 5 heteroatoms. The van der Waals surface area contributed by atoms with Gasteiger partial charge in [0.15, 0.2) is 0 Å². The second kappa shape index (κ2) is 5.61. The van der Waals surface area contributed by atoms with Crippen LogP contribution in [0.1, 0.15) is 44.7 Å². The molecule has 0 spiro atoms. The van der Waals surface area contributed by atoms with Crippen LogP contribution < -0.4 is 5.73 Å². The van der Waals surface area contributed by atoms with Crippen LogP contribution in [0.5, 0.6) is 0 Å². The van der Waals surface area contributed by atoms with Crippen LogP contribution in [0.25, 0.3) is 0 Å². The summed E-state index contributed by atoms with van der Waals surface area (Å²) in [6.07, 6.45) is 2.79. The Morgan fingerprint density at radius 3 is 2.53 bits per heavy atom. The molecule has 2 N–H and O–H groups in total. The van der Waals surface area contributed by atoms with Crippen molar-refractivity contribution in [1.82, 2.24) is 4.31 Å². The highest BCUT2D eigenvalue weighted by atomic mass is 32.2. The summed E-state index contributed by atoms with van der Waals surface area (Å²) in [5, 5.41) is 0. The van der Waals surface area contributed by atoms with Crippen molar-refractivity contribution >= 4 is 10.0 Å². The van der Waals surface area contributed by atoms with Gasteiger partial charge in [0, 0.05) is 18.6 Å². The largest absolute Gasteiger partial charge is 0.324 e. The fourth-order valence-corrected chi connectivity index (χ4v) is 4.38. The zero-order valence-corrected chi connectivity index (χ0v) is 12.4. The lowest BCUT2D eigenvalue weighted by Crippen LogP contribution is -2.35. The van der Waals surface area contributed by atoms with E-state index in [2.05, 4.69) is 0 Å². The molecule has 0 bridgehead atoms. The molecule has 0 aromatic heterocycles. The van der Waals surface area contributed by atoms with E-state index in [0.717, 1.165) is 24.8 Å². The van der Waals surface area contributed by atoms with Crippen molar-refractivity contribution in [3.63, 3.8) is 0 Å². The molecule has 2 unspecified atom stereocenters. The van der Waals surface area contributed by atoms with Crippen molar-refractivity contribution in [2.75, 3.05) is 6.54 Å². The lowest BCUT2D eigenvalue weighted by molar-refractivity contribution is 0.379. The third-order valence-corrected chi connectivity index (χ3v) is 5.77. The number of nitrogens with two attached hydrogens (primary N) is 1. The minimum Gasteiger partial charge on any atom is -0.324 e. The summed E-state index contributed by atoms with van der Waals surface area (Å²) in [4.78, 5) is 0.372. The van der Waals surface area contributed by atoms with Gasteiger partial charge in [0.25, 0.3) is 0 Å². The van der Waals surface area contributed by atoms with Gasteiger partial charge < -0.3 is 5.73 Å². The molecule has 0 amide bonds. The van der Waals surface area contributed by atoms with Crippen LogP contribution in [0.15, 0.2) is 29.2 Å². The first-order chi connectivity index (χ1) is 8.96. The number of hydrogen-bond acceptors (Lipinski definition) is 3. The molecular formula is C14H22N2O2S. The van der Waals surface area contributed by atoms with Crippen LogP contribution in [0.3, 0.4) is 0 Å². The number of benzene rings is 1. The summed E-state index contributed by atoms with van der Waals surface area (Å²) >= 11 is 0. The summed E-state index contributed by atoms with van der Waals surface area (Å²) < 4.78 is 26.8. The Morgan fingerprint density at radius 2 is 2.00 bits per heavy atom. The molecule has 106 valence electrons. The third kappa shape index (κ3) is 2.83. The van der Waals surface area contributed by atoms with Crippen molar-refractivity contribution in [2.24, 2.45) is 5.73 Å². The van der Waals surface area contributed by atoms with Gasteiger partial charge in [0.2, 0.25) is 10.0 Å². The van der Waals surface area contributed by atoms with Crippen molar-refractivity contribution in [1.29, 1.82) is 0 Å². The number of hydrogen-bond donors (Lipinski definition) is 1. The average molecular weight is 282 g/mol. The van der Waals surface area contributed by atoms with Gasteiger partial charge in [0.1, 0.15) is 0 Å². The van der Waals surface area contributed by atoms with Crippen LogP contribution in [0.4, 0.5) is 0 Å². The Hall–Kier alpha value is -0.910. The van der Waals surface area contributed by atoms with E-state index in [9.17, 15) is 8.42 Å². The number of sulfonamides is 1. The molecule has 2 rings (SSSR count). The first-order valence-electron chi connectivity index (χ1n) is 6.84. The topological polar surface area (TPSA) is 63.4 Å². The minimum atomic E-state index is -3.35. The summed E-state index contributed by atoms with van der Waals surface area (Å²) in [6.45, 7) is 4.56. The Bertz CT molecular complexity index is 523. The molecule has 1 aromatic carbocycles. The maximum absolute atomic E-state index is 12.6. The molecule has 1 aromatic rings. The molecule has 19 heavy (non-hydrogen) atoms. The van der Waals surface area contributed by atoms with Gasteiger partial charge in [-0.15, -0.1) is 0 Å². The van der Waals surface area contributed by atoms with Crippen LogP contribution in [-0.4, -0.2) is 25.3 Å². The van der Waals surface area contributed by atoms with Crippen molar-refractivity contribution < 1.29 is 8.42 Å². The lowest BCUT2D eigenvalue weighted by atomic mass is 10.1. The van der Waals surface area contributed by atoms with Crippen molar-refractivity contribution in [2.45, 2.75) is 50.1 Å². The first-order valence-corrected chi connectivity index (χ1v) is 8.28. The van der Waals surface area contributed by atoms with Crippen LogP contribution >= 0.6 is 0 Å². The predicted octanol–water partition coefficient (Wildman–Crippen LogP) is 2.27. The Kier molecular flexibility index (Phi) is 4.28. The second-order valence-corrected chi connectivity index (χ2v) is 7.07. The maximum atomic E-state index is 12.6. The molecule has 0 saturated carbocycles. The Balaban J connectivity index is 2.29. The smallest absolute Gasteiger partial charge is 0.243 e. The van der Waals surface area contributed by atoms with E-state index >= 15 is 0 Å². The van der Waals surface area contributed by atoms with E-state index < -0.39 is 10.0 Å². The van der Waals surface area contributed by atoms with E-state index in [1.807, 2.05) is 13.8 Å². The van der Waals surface area contributed by atoms with E-state index in [1.54, 1.807) is 28.6 Å². The predicted molar refractivity (Wildman–Crippen MR) is 76.2 cm³/mol. The molecule has 1 aliphatic heterocycles. The number of rotatable bonds is 4. The summed E-state index contributed by atoms with van der Waals surface area (Å²) in [6, 6.07) is 7.01. The van der Waals surface area contributed by atoms with E-state index in [0.29, 0.717) is 11.4 Å². The zero-order chi connectivity index (χ0) is 14.0. The Labute approximate surface area is 115 Å². The maximum Gasteiger partial charge on any atom is 0.243 e. The zero-order valence-electron chi connectivity index (χ0n) is 11.5. The molecule has 1 heterocycles. The SMILES string of the molecule is CCC1CCCN1S(=O)(=O)c1ccc(C(C)N)cc1. The first kappa shape index (κ1) is 14.5. The lowest BCUT2D eigenvalue weighted by Gasteiger charge is -2.23. The molecule has 0 radical (unpaired) electrons. The van der Waals surface area contributed by atoms with Crippen molar-refractivity contribution in [3.05, 3.63) is 29.8 Å². The average Bonchev–Trinajstić information content (AvgIpc) is 2.87. The molecule has 1 saturated heterocycles. The van der Waals surface area contributed by atoms with Crippen LogP contribution in [0, 0.1) is 0 Å². The second-order valence-electron chi connectivity index (χ2n) is 5.18. The Morgan fingerprint density at radius 1 is 1.37 bits per heavy atom. The normalized spacial score (nSPS) is 22.6. The minimum absolute atomic E-state index is 0.0769. The quantitative estimate of drug-likeness (QED) is 0.921. The highest BCUT2D eigenvalue weighted by molar-refractivity contribution is 7.89. The number of nitrogens with zero attached hydrogens (tertiary/aromatic N) is 1. The van der Waals surface area contributed by atoms with E-state index in [4.69, 9.17) is 5.73 Å². The summed E-state index contributed by atoms with van der Waals surface area (Å²) in [7, 11) is -3.35. The van der Waals surface area contributed by atoms with Gasteiger partial charge in [-0.25, -0.2) is 8.42 Å². The van der Waals surface area contributed by atoms with Crippen LogP contribution in [-0.2, 0) is 10.0 Å². The van der Waals surface area contributed by atoms with Gasteiger partial charge in [-0.2, -0.15) is 4.31 Å². The van der Waals surface area contributed by atoms with Crippen LogP contribution in [0.2, 0.25) is 0 Å². The fourth-order valence-electron chi connectivity index (χ4n) is 2.61. The fraction of sp³-hybridized carbons (Fsp3) is 0.571. The van der Waals surface area contributed by atoms with E-state index in [-0.39, 0.29) is 12.1 Å². The third-order valence-electron chi connectivity index (χ3n) is 3.81. The monoisotopic (exact) mass is 282 g/mol. The van der Waals surface area contributed by atoms with Gasteiger partial charge in [-0.1, -0.05) is 19.1 Å². The highest BCUT2D eigenvalue weighted by Crippen LogP contribution is 2.28. The summed E-state index contributed by atoms with van der Waals surface area (Å²) in [5.74, 6) is 0. The van der Waals surface area contributed by atoms with E-state index in [1.165, 1.54) is 0 Å². The van der Waals surface area contributed by atoms with Gasteiger partial charge in [-0.05, 0) is 43.9 Å². The molecule has 0 aliphatic carbocycles. The molecule has 2 atom stereocenters. The van der Waals surface area contributed by atoms with Gasteiger partial charge >= 0.3 is 0 Å². The molecule has 1 fully saturated rings. The van der Waals surface area contributed by atoms with Gasteiger partial charge in [0.05, 0.1) is 4.90 Å². The molecule has 1 aliphatic rings. The molecular weight excluding hydrogens is 260 g/mol. The van der Waals surface area contributed by atoms with Crippen molar-refractivity contribution in [3.8, 4) is 0 Å². The molecule has 4 nitrogen and oxygen atoms in total. The van der Waals surface area contributed by atoms with Gasteiger partial charge in [-0.3, -0.25) is 0 Å². The highest BCUT2D eigenvalue weighted by Gasteiger charge is 2.33.